The van der Waals surface area contributed by atoms with Crippen molar-refractivity contribution >= 4 is 17.3 Å². The lowest BCUT2D eigenvalue weighted by Crippen LogP contribution is -2.27. The second-order valence-electron chi connectivity index (χ2n) is 3.68. The number of anilines is 1. The molecule has 4 nitrogen and oxygen atoms in total. The van der Waals surface area contributed by atoms with Crippen LogP contribution in [0.25, 0.3) is 0 Å². The summed E-state index contributed by atoms with van der Waals surface area (Å²) in [6.07, 6.45) is 0. The zero-order chi connectivity index (χ0) is 12.8. The molecule has 0 radical (unpaired) electrons. The minimum Gasteiger partial charge on any atom is -0.495 e. The van der Waals surface area contributed by atoms with Crippen LogP contribution in [0, 0.1) is 0 Å². The molecule has 0 aliphatic carbocycles. The maximum Gasteiger partial charge on any atom is 0.143 e. The first-order valence-corrected chi connectivity index (χ1v) is 5.79. The van der Waals surface area contributed by atoms with Crippen molar-refractivity contribution in [1.82, 2.24) is 5.32 Å². The van der Waals surface area contributed by atoms with Crippen molar-refractivity contribution in [3.05, 3.63) is 17.2 Å². The maximum atomic E-state index is 6.05. The van der Waals surface area contributed by atoms with Gasteiger partial charge in [-0.25, -0.2) is 0 Å². The molecule has 5 heteroatoms. The van der Waals surface area contributed by atoms with E-state index in [2.05, 4.69) is 10.2 Å². The first kappa shape index (κ1) is 13.9. The van der Waals surface area contributed by atoms with Crippen LogP contribution < -0.4 is 19.7 Å². The molecule has 1 rings (SSSR count). The quantitative estimate of drug-likeness (QED) is 0.847. The predicted octanol–water partition coefficient (Wildman–Crippen LogP) is 2.01. The predicted molar refractivity (Wildman–Crippen MR) is 71.8 cm³/mol. The van der Waals surface area contributed by atoms with E-state index in [0.717, 1.165) is 24.5 Å². The Hall–Kier alpha value is -1.13. The summed E-state index contributed by atoms with van der Waals surface area (Å²) in [5.74, 6) is 1.40. The second-order valence-corrected chi connectivity index (χ2v) is 4.09. The third kappa shape index (κ3) is 3.41. The molecule has 0 fully saturated rings. The number of ether oxygens (including phenoxy) is 2. The fourth-order valence-corrected chi connectivity index (χ4v) is 1.77. The molecule has 0 amide bonds. The van der Waals surface area contributed by atoms with Crippen molar-refractivity contribution in [2.75, 3.05) is 46.3 Å². The largest absolute Gasteiger partial charge is 0.495 e. The minimum atomic E-state index is 0.551. The van der Waals surface area contributed by atoms with Crippen molar-refractivity contribution in [2.45, 2.75) is 0 Å². The standard InChI is InChI=1S/C12H19ClN2O2/c1-14-5-6-15(2)10-8-11(16-3)9(13)7-12(10)17-4/h7-8,14H,5-6H2,1-4H3. The van der Waals surface area contributed by atoms with Gasteiger partial charge in [-0.05, 0) is 7.05 Å². The fraction of sp³-hybridized carbons (Fsp3) is 0.500. The summed E-state index contributed by atoms with van der Waals surface area (Å²) in [5, 5.41) is 3.66. The summed E-state index contributed by atoms with van der Waals surface area (Å²) in [6, 6.07) is 3.66. The summed E-state index contributed by atoms with van der Waals surface area (Å²) in [5.41, 5.74) is 0.962. The van der Waals surface area contributed by atoms with E-state index < -0.39 is 0 Å². The minimum absolute atomic E-state index is 0.551. The zero-order valence-electron chi connectivity index (χ0n) is 10.7. The lowest BCUT2D eigenvalue weighted by atomic mass is 10.2. The van der Waals surface area contributed by atoms with Gasteiger partial charge in [0.1, 0.15) is 11.5 Å². The van der Waals surface area contributed by atoms with E-state index in [1.807, 2.05) is 20.2 Å². The van der Waals surface area contributed by atoms with Crippen LogP contribution in [0.5, 0.6) is 11.5 Å². The van der Waals surface area contributed by atoms with E-state index in [1.54, 1.807) is 20.3 Å². The highest BCUT2D eigenvalue weighted by molar-refractivity contribution is 6.32. The van der Waals surface area contributed by atoms with Crippen molar-refractivity contribution in [1.29, 1.82) is 0 Å². The van der Waals surface area contributed by atoms with Gasteiger partial charge in [-0.15, -0.1) is 0 Å². The van der Waals surface area contributed by atoms with Crippen LogP contribution in [-0.4, -0.2) is 41.4 Å². The van der Waals surface area contributed by atoms with Crippen LogP contribution in [0.1, 0.15) is 0 Å². The van der Waals surface area contributed by atoms with E-state index in [1.165, 1.54) is 0 Å². The van der Waals surface area contributed by atoms with Gasteiger partial charge in [-0.2, -0.15) is 0 Å². The molecular weight excluding hydrogens is 240 g/mol. The molecule has 0 saturated carbocycles. The van der Waals surface area contributed by atoms with Crippen molar-refractivity contribution in [2.24, 2.45) is 0 Å². The SMILES string of the molecule is CNCCN(C)c1cc(OC)c(Cl)cc1OC. The average molecular weight is 259 g/mol. The van der Waals surface area contributed by atoms with Crippen LogP contribution in [0.15, 0.2) is 12.1 Å². The molecule has 0 aromatic heterocycles. The number of nitrogens with one attached hydrogen (secondary N) is 1. The summed E-state index contributed by atoms with van der Waals surface area (Å²) in [4.78, 5) is 2.09. The van der Waals surface area contributed by atoms with E-state index in [0.29, 0.717) is 10.8 Å². The summed E-state index contributed by atoms with van der Waals surface area (Å²) in [7, 11) is 7.16. The molecule has 0 bridgehead atoms. The number of halogens is 1. The molecular formula is C12H19ClN2O2. The van der Waals surface area contributed by atoms with Crippen LogP contribution in [0.2, 0.25) is 5.02 Å². The van der Waals surface area contributed by atoms with Crippen molar-refractivity contribution in [3.8, 4) is 11.5 Å². The summed E-state index contributed by atoms with van der Waals surface area (Å²) in [6.45, 7) is 1.77. The molecule has 0 aliphatic heterocycles. The topological polar surface area (TPSA) is 33.7 Å². The first-order chi connectivity index (χ1) is 8.13. The molecule has 0 spiro atoms. The Kier molecular flexibility index (Phi) is 5.38. The summed E-state index contributed by atoms with van der Waals surface area (Å²) >= 11 is 6.05. The highest BCUT2D eigenvalue weighted by Gasteiger charge is 2.12. The number of hydrogen-bond acceptors (Lipinski definition) is 4. The Bertz CT molecular complexity index is 372. The molecule has 1 N–H and O–H groups in total. The Balaban J connectivity index is 3.02. The van der Waals surface area contributed by atoms with E-state index in [4.69, 9.17) is 21.1 Å². The van der Waals surface area contributed by atoms with Gasteiger partial charge in [0.25, 0.3) is 0 Å². The highest BCUT2D eigenvalue weighted by atomic mass is 35.5. The number of hydrogen-bond donors (Lipinski definition) is 1. The van der Waals surface area contributed by atoms with Crippen molar-refractivity contribution < 1.29 is 9.47 Å². The number of methoxy groups -OCH3 is 2. The third-order valence-corrected chi connectivity index (χ3v) is 2.86. The number of benzene rings is 1. The Morgan fingerprint density at radius 3 is 2.41 bits per heavy atom. The monoisotopic (exact) mass is 258 g/mol. The lowest BCUT2D eigenvalue weighted by molar-refractivity contribution is 0.403. The molecule has 1 aromatic rings. The van der Waals surface area contributed by atoms with Gasteiger partial charge in [-0.1, -0.05) is 11.6 Å². The van der Waals surface area contributed by atoms with E-state index in [9.17, 15) is 0 Å². The molecule has 0 unspecified atom stereocenters. The number of likely N-dealkylation sites (N-methyl/N-ethyl adjacent to an activating group) is 2. The van der Waals surface area contributed by atoms with Crippen LogP contribution in [-0.2, 0) is 0 Å². The van der Waals surface area contributed by atoms with Crippen LogP contribution >= 0.6 is 11.6 Å². The highest BCUT2D eigenvalue weighted by Crippen LogP contribution is 2.37. The number of rotatable bonds is 6. The van der Waals surface area contributed by atoms with Gasteiger partial charge in [0.15, 0.2) is 0 Å². The molecule has 17 heavy (non-hydrogen) atoms. The molecule has 96 valence electrons. The third-order valence-electron chi connectivity index (χ3n) is 2.56. The van der Waals surface area contributed by atoms with Gasteiger partial charge < -0.3 is 19.7 Å². The van der Waals surface area contributed by atoms with Crippen LogP contribution in [0.4, 0.5) is 5.69 Å². The van der Waals surface area contributed by atoms with Gasteiger partial charge in [-0.3, -0.25) is 0 Å². The van der Waals surface area contributed by atoms with Gasteiger partial charge in [0.05, 0.1) is 24.9 Å². The Morgan fingerprint density at radius 1 is 1.24 bits per heavy atom. The Morgan fingerprint density at radius 2 is 1.88 bits per heavy atom. The van der Waals surface area contributed by atoms with Gasteiger partial charge in [0, 0.05) is 32.3 Å². The maximum absolute atomic E-state index is 6.05. The molecule has 0 saturated heterocycles. The average Bonchev–Trinajstić information content (AvgIpc) is 2.35. The number of nitrogens with zero attached hydrogens (tertiary/aromatic N) is 1. The second kappa shape index (κ2) is 6.57. The fourth-order valence-electron chi connectivity index (χ4n) is 1.54. The first-order valence-electron chi connectivity index (χ1n) is 5.41. The molecule has 0 aliphatic rings. The summed E-state index contributed by atoms with van der Waals surface area (Å²) < 4.78 is 10.5. The van der Waals surface area contributed by atoms with Gasteiger partial charge in [0.2, 0.25) is 0 Å². The van der Waals surface area contributed by atoms with Crippen molar-refractivity contribution in [3.63, 3.8) is 0 Å². The normalized spacial score (nSPS) is 10.2. The smallest absolute Gasteiger partial charge is 0.143 e. The van der Waals surface area contributed by atoms with Gasteiger partial charge >= 0.3 is 0 Å². The van der Waals surface area contributed by atoms with Crippen LogP contribution in [0.3, 0.4) is 0 Å². The molecule has 0 heterocycles. The molecule has 1 aromatic carbocycles. The Labute approximate surface area is 107 Å². The van der Waals surface area contributed by atoms with E-state index >= 15 is 0 Å². The van der Waals surface area contributed by atoms with E-state index in [-0.39, 0.29) is 0 Å². The lowest BCUT2D eigenvalue weighted by Gasteiger charge is -2.22. The molecule has 0 atom stereocenters. The zero-order valence-corrected chi connectivity index (χ0v) is 11.5.